The standard InChI is InChI=1S/C23H21ClF3N3O5/c1-4-34-17(31)11-16-21-28-29-22(23(25,26)27)30(21)18-12(7-5-9-14(18)24)19(35-16)13-8-6-10-15(32-2)20(13)33-3/h5-10,16,19H,4,11H2,1-3H3/t16-,19+/m0/s1. The van der Waals surface area contributed by atoms with Crippen LogP contribution in [0.5, 0.6) is 11.5 Å². The van der Waals surface area contributed by atoms with Gasteiger partial charge in [-0.25, -0.2) is 0 Å². The Labute approximate surface area is 203 Å². The molecular weight excluding hydrogens is 491 g/mol. The first-order valence-electron chi connectivity index (χ1n) is 10.5. The second-order valence-electron chi connectivity index (χ2n) is 7.49. The Morgan fingerprint density at radius 2 is 1.83 bits per heavy atom. The zero-order chi connectivity index (χ0) is 25.3. The molecule has 3 aromatic rings. The van der Waals surface area contributed by atoms with Gasteiger partial charge in [0.05, 0.1) is 38.0 Å². The van der Waals surface area contributed by atoms with Crippen LogP contribution in [-0.2, 0) is 20.4 Å². The fourth-order valence-electron chi connectivity index (χ4n) is 4.06. The predicted molar refractivity (Wildman–Crippen MR) is 118 cm³/mol. The summed E-state index contributed by atoms with van der Waals surface area (Å²) in [6.07, 6.45) is -7.51. The van der Waals surface area contributed by atoms with Crippen LogP contribution in [0.3, 0.4) is 0 Å². The van der Waals surface area contributed by atoms with Crippen molar-refractivity contribution in [3.05, 3.63) is 64.2 Å². The van der Waals surface area contributed by atoms with E-state index in [1.165, 1.54) is 20.3 Å². The summed E-state index contributed by atoms with van der Waals surface area (Å²) in [5, 5.41) is 7.15. The molecule has 0 unspecified atom stereocenters. The molecule has 2 aromatic carbocycles. The molecule has 35 heavy (non-hydrogen) atoms. The first-order chi connectivity index (χ1) is 16.7. The van der Waals surface area contributed by atoms with Crippen LogP contribution in [0.25, 0.3) is 5.69 Å². The number of carbonyl (C=O) groups excluding carboxylic acids is 1. The van der Waals surface area contributed by atoms with Gasteiger partial charge in [-0.1, -0.05) is 35.9 Å². The molecule has 1 aliphatic rings. The van der Waals surface area contributed by atoms with Gasteiger partial charge in [-0.05, 0) is 19.1 Å². The number of benzene rings is 2. The molecule has 2 atom stereocenters. The van der Waals surface area contributed by atoms with E-state index in [0.29, 0.717) is 22.6 Å². The van der Waals surface area contributed by atoms with Crippen LogP contribution in [0.15, 0.2) is 36.4 Å². The van der Waals surface area contributed by atoms with E-state index in [4.69, 9.17) is 30.5 Å². The van der Waals surface area contributed by atoms with Crippen molar-refractivity contribution in [2.45, 2.75) is 31.7 Å². The minimum Gasteiger partial charge on any atom is -0.493 e. The summed E-state index contributed by atoms with van der Waals surface area (Å²) in [6, 6.07) is 9.68. The Kier molecular flexibility index (Phi) is 6.91. The van der Waals surface area contributed by atoms with Crippen LogP contribution >= 0.6 is 11.6 Å². The van der Waals surface area contributed by atoms with Crippen LogP contribution in [0, 0.1) is 0 Å². The van der Waals surface area contributed by atoms with E-state index in [1.54, 1.807) is 37.3 Å². The number of ether oxygens (including phenoxy) is 4. The molecule has 0 fully saturated rings. The zero-order valence-electron chi connectivity index (χ0n) is 18.9. The second kappa shape index (κ2) is 9.74. The van der Waals surface area contributed by atoms with Crippen molar-refractivity contribution in [2.24, 2.45) is 0 Å². The number of nitrogens with zero attached hydrogens (tertiary/aromatic N) is 3. The molecule has 0 saturated heterocycles. The van der Waals surface area contributed by atoms with E-state index in [9.17, 15) is 18.0 Å². The molecule has 0 bridgehead atoms. The molecule has 0 amide bonds. The highest BCUT2D eigenvalue weighted by atomic mass is 35.5. The highest BCUT2D eigenvalue weighted by Crippen LogP contribution is 2.48. The molecular formula is C23H21ClF3N3O5. The third-order valence-corrected chi connectivity index (χ3v) is 5.73. The summed E-state index contributed by atoms with van der Waals surface area (Å²) in [6.45, 7) is 1.71. The Balaban J connectivity index is 2.01. The lowest BCUT2D eigenvalue weighted by Crippen LogP contribution is -2.18. The predicted octanol–water partition coefficient (Wildman–Crippen LogP) is 5.07. The van der Waals surface area contributed by atoms with Gasteiger partial charge < -0.3 is 18.9 Å². The lowest BCUT2D eigenvalue weighted by molar-refractivity contribution is -0.147. The van der Waals surface area contributed by atoms with Crippen LogP contribution in [0.1, 0.15) is 48.3 Å². The summed E-state index contributed by atoms with van der Waals surface area (Å²) in [4.78, 5) is 12.4. The lowest BCUT2D eigenvalue weighted by Gasteiger charge is -2.24. The van der Waals surface area contributed by atoms with Gasteiger partial charge in [-0.15, -0.1) is 10.2 Å². The lowest BCUT2D eigenvalue weighted by atomic mass is 9.98. The third kappa shape index (κ3) is 4.53. The zero-order valence-corrected chi connectivity index (χ0v) is 19.7. The van der Waals surface area contributed by atoms with Crippen molar-refractivity contribution in [1.82, 2.24) is 14.8 Å². The Bertz CT molecular complexity index is 1250. The quantitative estimate of drug-likeness (QED) is 0.427. The SMILES string of the molecule is CCOC(=O)C[C@@H]1O[C@@H](c2cccc(OC)c2OC)c2cccc(Cl)c2-n2c1nnc2C(F)(F)F. The first-order valence-corrected chi connectivity index (χ1v) is 10.9. The number of hydrogen-bond acceptors (Lipinski definition) is 7. The number of fused-ring (bicyclic) bond motifs is 3. The maximum atomic E-state index is 14.0. The molecule has 12 heteroatoms. The summed E-state index contributed by atoms with van der Waals surface area (Å²) in [7, 11) is 2.89. The molecule has 0 radical (unpaired) electrons. The van der Waals surface area contributed by atoms with E-state index in [2.05, 4.69) is 10.2 Å². The fourth-order valence-corrected chi connectivity index (χ4v) is 4.32. The summed E-state index contributed by atoms with van der Waals surface area (Å²) in [5.41, 5.74) is 0.737. The maximum Gasteiger partial charge on any atom is 0.452 e. The molecule has 1 aliphatic heterocycles. The number of esters is 1. The van der Waals surface area contributed by atoms with Gasteiger partial charge in [0.1, 0.15) is 12.2 Å². The fraction of sp³-hybridized carbons (Fsp3) is 0.348. The van der Waals surface area contributed by atoms with Gasteiger partial charge in [-0.3, -0.25) is 9.36 Å². The number of methoxy groups -OCH3 is 2. The highest BCUT2D eigenvalue weighted by molar-refractivity contribution is 6.32. The van der Waals surface area contributed by atoms with E-state index in [1.807, 2.05) is 0 Å². The molecule has 0 spiro atoms. The van der Waals surface area contributed by atoms with Gasteiger partial charge in [-0.2, -0.15) is 13.2 Å². The maximum absolute atomic E-state index is 14.0. The summed E-state index contributed by atoms with van der Waals surface area (Å²) >= 11 is 6.46. The smallest absolute Gasteiger partial charge is 0.452 e. The molecule has 186 valence electrons. The second-order valence-corrected chi connectivity index (χ2v) is 7.90. The van der Waals surface area contributed by atoms with Crippen molar-refractivity contribution >= 4 is 17.6 Å². The average molecular weight is 512 g/mol. The van der Waals surface area contributed by atoms with Crippen LogP contribution in [0.4, 0.5) is 13.2 Å². The number of carbonyl (C=O) groups is 1. The van der Waals surface area contributed by atoms with Crippen LogP contribution in [-0.4, -0.2) is 41.6 Å². The molecule has 1 aromatic heterocycles. The van der Waals surface area contributed by atoms with Crippen molar-refractivity contribution in [1.29, 1.82) is 0 Å². The number of para-hydroxylation sites is 2. The van der Waals surface area contributed by atoms with Crippen molar-refractivity contribution < 1.29 is 36.9 Å². The first kappa shape index (κ1) is 24.8. The van der Waals surface area contributed by atoms with Crippen LogP contribution < -0.4 is 9.47 Å². The molecule has 0 saturated carbocycles. The number of halogens is 4. The van der Waals surface area contributed by atoms with E-state index < -0.39 is 36.6 Å². The van der Waals surface area contributed by atoms with Gasteiger partial charge in [0.15, 0.2) is 17.3 Å². The summed E-state index contributed by atoms with van der Waals surface area (Å²) in [5.74, 6) is -1.50. The van der Waals surface area contributed by atoms with E-state index in [0.717, 1.165) is 4.57 Å². The highest BCUT2D eigenvalue weighted by Gasteiger charge is 2.44. The third-order valence-electron chi connectivity index (χ3n) is 5.43. The monoisotopic (exact) mass is 511 g/mol. The molecule has 8 nitrogen and oxygen atoms in total. The topological polar surface area (TPSA) is 84.7 Å². The Morgan fingerprint density at radius 3 is 2.49 bits per heavy atom. The van der Waals surface area contributed by atoms with Gasteiger partial charge in [0.2, 0.25) is 5.82 Å². The number of aromatic nitrogens is 3. The largest absolute Gasteiger partial charge is 0.493 e. The average Bonchev–Trinajstić information content (AvgIpc) is 3.21. The number of rotatable bonds is 6. The summed E-state index contributed by atoms with van der Waals surface area (Å²) < 4.78 is 65.0. The van der Waals surface area contributed by atoms with Gasteiger partial charge in [0.25, 0.3) is 0 Å². The van der Waals surface area contributed by atoms with E-state index in [-0.39, 0.29) is 23.1 Å². The molecule has 4 rings (SSSR count). The van der Waals surface area contributed by atoms with Crippen molar-refractivity contribution in [3.63, 3.8) is 0 Å². The van der Waals surface area contributed by atoms with Crippen LogP contribution in [0.2, 0.25) is 5.02 Å². The van der Waals surface area contributed by atoms with E-state index >= 15 is 0 Å². The Morgan fingerprint density at radius 1 is 1.11 bits per heavy atom. The molecule has 0 N–H and O–H groups in total. The minimum absolute atomic E-state index is 0.0114. The molecule has 0 aliphatic carbocycles. The van der Waals surface area contributed by atoms with Crippen molar-refractivity contribution in [3.8, 4) is 17.2 Å². The normalized spacial score (nSPS) is 17.2. The minimum atomic E-state index is -4.86. The van der Waals surface area contributed by atoms with Gasteiger partial charge in [0, 0.05) is 11.1 Å². The molecule has 2 heterocycles. The number of alkyl halides is 3. The number of hydrogen-bond donors (Lipinski definition) is 0. The van der Waals surface area contributed by atoms with Crippen molar-refractivity contribution in [2.75, 3.05) is 20.8 Å². The Hall–Kier alpha value is -3.31. The van der Waals surface area contributed by atoms with Gasteiger partial charge >= 0.3 is 12.1 Å².